The molecular weight excluding hydrogens is 324 g/mol. The fourth-order valence-corrected chi connectivity index (χ4v) is 3.78. The Hall–Kier alpha value is -2.60. The first-order valence-corrected chi connectivity index (χ1v) is 9.30. The summed E-state index contributed by atoms with van der Waals surface area (Å²) in [5.41, 5.74) is 2.34. The molecule has 1 saturated heterocycles. The molecule has 0 aliphatic carbocycles. The molecule has 1 atom stereocenters. The molecule has 6 heteroatoms. The van der Waals surface area contributed by atoms with Gasteiger partial charge < -0.3 is 0 Å². The van der Waals surface area contributed by atoms with Gasteiger partial charge in [0.1, 0.15) is 5.82 Å². The highest BCUT2D eigenvalue weighted by molar-refractivity contribution is 5.33. The minimum Gasteiger partial charge on any atom is -0.298 e. The van der Waals surface area contributed by atoms with Gasteiger partial charge in [-0.3, -0.25) is 19.4 Å². The van der Waals surface area contributed by atoms with Crippen molar-refractivity contribution >= 4 is 0 Å². The van der Waals surface area contributed by atoms with Crippen LogP contribution in [0.15, 0.2) is 49.3 Å². The van der Waals surface area contributed by atoms with Gasteiger partial charge in [-0.05, 0) is 31.0 Å². The minimum absolute atomic E-state index is 0.385. The minimum atomic E-state index is 0.385. The smallest absolute Gasteiger partial charge is 0.160 e. The van der Waals surface area contributed by atoms with Crippen LogP contribution in [0.25, 0.3) is 5.82 Å². The lowest BCUT2D eigenvalue weighted by Crippen LogP contribution is -2.34. The summed E-state index contributed by atoms with van der Waals surface area (Å²) in [5.74, 6) is 2.33. The number of nitrogens with zero attached hydrogens (tertiary/aromatic N) is 6. The van der Waals surface area contributed by atoms with Crippen LogP contribution >= 0.6 is 0 Å². The molecule has 26 heavy (non-hydrogen) atoms. The Labute approximate surface area is 154 Å². The van der Waals surface area contributed by atoms with Crippen LogP contribution in [-0.2, 0) is 13.0 Å². The third-order valence-electron chi connectivity index (χ3n) is 4.99. The first kappa shape index (κ1) is 16.8. The first-order valence-electron chi connectivity index (χ1n) is 9.30. The molecule has 134 valence electrons. The van der Waals surface area contributed by atoms with Crippen LogP contribution in [-0.4, -0.2) is 42.5 Å². The van der Waals surface area contributed by atoms with Crippen LogP contribution in [0.3, 0.4) is 0 Å². The molecule has 0 bridgehead atoms. The van der Waals surface area contributed by atoms with Crippen molar-refractivity contribution in [2.45, 2.75) is 38.6 Å². The highest BCUT2D eigenvalue weighted by atomic mass is 15.2. The average Bonchev–Trinajstić information content (AvgIpc) is 3.18. The van der Waals surface area contributed by atoms with Crippen molar-refractivity contribution in [1.82, 2.24) is 29.4 Å². The Morgan fingerprint density at radius 2 is 2.04 bits per heavy atom. The number of likely N-dealkylation sites (tertiary alicyclic amines) is 1. The van der Waals surface area contributed by atoms with E-state index >= 15 is 0 Å². The van der Waals surface area contributed by atoms with Gasteiger partial charge >= 0.3 is 0 Å². The van der Waals surface area contributed by atoms with Gasteiger partial charge in [-0.25, -0.2) is 9.97 Å². The zero-order valence-electron chi connectivity index (χ0n) is 15.1. The zero-order valence-corrected chi connectivity index (χ0v) is 15.1. The predicted octanol–water partition coefficient (Wildman–Crippen LogP) is 3.00. The lowest BCUT2D eigenvalue weighted by atomic mass is 9.94. The van der Waals surface area contributed by atoms with Crippen molar-refractivity contribution in [3.63, 3.8) is 0 Å². The third kappa shape index (κ3) is 3.51. The largest absolute Gasteiger partial charge is 0.298 e. The Balaban J connectivity index is 1.58. The molecule has 4 rings (SSSR count). The molecule has 0 saturated carbocycles. The topological polar surface area (TPSA) is 59.7 Å². The van der Waals surface area contributed by atoms with E-state index in [-0.39, 0.29) is 0 Å². The Kier molecular flexibility index (Phi) is 5.02. The van der Waals surface area contributed by atoms with Gasteiger partial charge in [-0.1, -0.05) is 13.0 Å². The van der Waals surface area contributed by atoms with Gasteiger partial charge in [0.2, 0.25) is 0 Å². The summed E-state index contributed by atoms with van der Waals surface area (Å²) in [6, 6.07) is 4.15. The number of imidazole rings is 1. The standard InChI is InChI=1S/C20H24N6/c1-2-18-22-10-12-26(18)20-19(23-8-9-24-20)17-6-4-11-25(15-17)14-16-5-3-7-21-13-16/h3,5,7-10,12-13,17H,2,4,6,11,14-15H2,1H3/t17-/m1/s1. The van der Waals surface area contributed by atoms with E-state index < -0.39 is 0 Å². The maximum atomic E-state index is 4.73. The number of hydrogen-bond acceptors (Lipinski definition) is 5. The van der Waals surface area contributed by atoms with Crippen LogP contribution in [0.4, 0.5) is 0 Å². The van der Waals surface area contributed by atoms with Gasteiger partial charge in [-0.2, -0.15) is 0 Å². The maximum Gasteiger partial charge on any atom is 0.160 e. The van der Waals surface area contributed by atoms with Gasteiger partial charge in [0.15, 0.2) is 5.82 Å². The van der Waals surface area contributed by atoms with Crippen LogP contribution in [0, 0.1) is 0 Å². The Bertz CT molecular complexity index is 844. The zero-order chi connectivity index (χ0) is 17.8. The highest BCUT2D eigenvalue weighted by Crippen LogP contribution is 2.29. The normalized spacial score (nSPS) is 18.1. The van der Waals surface area contributed by atoms with E-state index in [1.165, 1.54) is 12.0 Å². The van der Waals surface area contributed by atoms with Crippen molar-refractivity contribution in [3.8, 4) is 5.82 Å². The SMILES string of the molecule is CCc1nccn1-c1nccnc1[C@@H]1CCCN(Cc2cccnc2)C1. The molecule has 0 amide bonds. The molecule has 1 fully saturated rings. The van der Waals surface area contributed by atoms with Gasteiger partial charge in [-0.15, -0.1) is 0 Å². The number of aromatic nitrogens is 5. The lowest BCUT2D eigenvalue weighted by Gasteiger charge is -2.33. The number of rotatable bonds is 5. The number of piperidine rings is 1. The summed E-state index contributed by atoms with van der Waals surface area (Å²) in [5, 5.41) is 0. The fraction of sp³-hybridized carbons (Fsp3) is 0.400. The van der Waals surface area contributed by atoms with Crippen molar-refractivity contribution in [2.24, 2.45) is 0 Å². The van der Waals surface area contributed by atoms with Crippen molar-refractivity contribution < 1.29 is 0 Å². The Morgan fingerprint density at radius 3 is 2.88 bits per heavy atom. The predicted molar refractivity (Wildman–Crippen MR) is 100 cm³/mol. The van der Waals surface area contributed by atoms with Gasteiger partial charge in [0.25, 0.3) is 0 Å². The Morgan fingerprint density at radius 1 is 1.12 bits per heavy atom. The second-order valence-electron chi connectivity index (χ2n) is 6.77. The summed E-state index contributed by atoms with van der Waals surface area (Å²) in [7, 11) is 0. The molecule has 1 aliphatic heterocycles. The van der Waals surface area contributed by atoms with E-state index in [4.69, 9.17) is 4.98 Å². The van der Waals surface area contributed by atoms with Crippen molar-refractivity contribution in [3.05, 3.63) is 66.4 Å². The van der Waals surface area contributed by atoms with Crippen molar-refractivity contribution in [2.75, 3.05) is 13.1 Å². The molecule has 3 aromatic heterocycles. The number of pyridine rings is 1. The van der Waals surface area contributed by atoms with E-state index in [9.17, 15) is 0 Å². The molecule has 0 unspecified atom stereocenters. The van der Waals surface area contributed by atoms with Crippen LogP contribution < -0.4 is 0 Å². The van der Waals surface area contributed by atoms with E-state index in [0.29, 0.717) is 5.92 Å². The summed E-state index contributed by atoms with van der Waals surface area (Å²) in [6.45, 7) is 5.17. The molecular formula is C20H24N6. The van der Waals surface area contributed by atoms with E-state index in [0.717, 1.165) is 49.8 Å². The number of aryl methyl sites for hydroxylation is 1. The molecule has 0 aromatic carbocycles. The molecule has 0 N–H and O–H groups in total. The summed E-state index contributed by atoms with van der Waals surface area (Å²) in [6.07, 6.45) is 14.4. The quantitative estimate of drug-likeness (QED) is 0.709. The summed E-state index contributed by atoms with van der Waals surface area (Å²) in [4.78, 5) is 20.6. The van der Waals surface area contributed by atoms with E-state index in [1.807, 2.05) is 30.9 Å². The van der Waals surface area contributed by atoms with Gasteiger partial charge in [0, 0.05) is 62.6 Å². The summed E-state index contributed by atoms with van der Waals surface area (Å²) >= 11 is 0. The second-order valence-corrected chi connectivity index (χ2v) is 6.77. The van der Waals surface area contributed by atoms with Crippen molar-refractivity contribution in [1.29, 1.82) is 0 Å². The maximum absolute atomic E-state index is 4.73. The van der Waals surface area contributed by atoms with Crippen LogP contribution in [0.2, 0.25) is 0 Å². The average molecular weight is 348 g/mol. The molecule has 4 heterocycles. The van der Waals surface area contributed by atoms with Crippen LogP contribution in [0.5, 0.6) is 0 Å². The fourth-order valence-electron chi connectivity index (χ4n) is 3.78. The lowest BCUT2D eigenvalue weighted by molar-refractivity contribution is 0.198. The molecule has 1 aliphatic rings. The second kappa shape index (κ2) is 7.74. The molecule has 3 aromatic rings. The first-order chi connectivity index (χ1) is 12.8. The van der Waals surface area contributed by atoms with Crippen LogP contribution in [0.1, 0.15) is 42.8 Å². The van der Waals surface area contributed by atoms with Gasteiger partial charge in [0.05, 0.1) is 5.69 Å². The highest BCUT2D eigenvalue weighted by Gasteiger charge is 2.26. The monoisotopic (exact) mass is 348 g/mol. The summed E-state index contributed by atoms with van der Waals surface area (Å²) < 4.78 is 2.09. The van der Waals surface area contributed by atoms with E-state index in [1.54, 1.807) is 12.4 Å². The number of hydrogen-bond donors (Lipinski definition) is 0. The third-order valence-corrected chi connectivity index (χ3v) is 4.99. The van der Waals surface area contributed by atoms with E-state index in [2.05, 4.69) is 37.4 Å². The molecule has 0 radical (unpaired) electrons. The molecule has 6 nitrogen and oxygen atoms in total. The molecule has 0 spiro atoms.